The standard InChI is InChI=1S/C13H15N3O2/c1-15(2)13(17)16(3)12-9-11(18-14-12)10-7-5-4-6-8-10/h4-9H,1-3H3. The number of carbonyl (C=O) groups is 1. The highest BCUT2D eigenvalue weighted by molar-refractivity contribution is 5.90. The molecule has 0 aliphatic rings. The predicted molar refractivity (Wildman–Crippen MR) is 69.4 cm³/mol. The van der Waals surface area contributed by atoms with Crippen molar-refractivity contribution in [3.05, 3.63) is 36.4 Å². The molecule has 0 saturated heterocycles. The first-order chi connectivity index (χ1) is 8.59. The van der Waals surface area contributed by atoms with E-state index in [2.05, 4.69) is 5.16 Å². The molecule has 2 aromatic rings. The minimum absolute atomic E-state index is 0.150. The lowest BCUT2D eigenvalue weighted by Gasteiger charge is -2.18. The van der Waals surface area contributed by atoms with Gasteiger partial charge in [0.25, 0.3) is 0 Å². The van der Waals surface area contributed by atoms with Gasteiger partial charge in [-0.05, 0) is 0 Å². The molecule has 2 rings (SSSR count). The fourth-order valence-electron chi connectivity index (χ4n) is 1.56. The number of carbonyl (C=O) groups excluding carboxylic acids is 1. The molecule has 2 amide bonds. The molecule has 94 valence electrons. The van der Waals surface area contributed by atoms with E-state index in [1.807, 2.05) is 30.3 Å². The van der Waals surface area contributed by atoms with Crippen LogP contribution in [0.5, 0.6) is 0 Å². The van der Waals surface area contributed by atoms with Crippen molar-refractivity contribution < 1.29 is 9.32 Å². The first-order valence-electron chi connectivity index (χ1n) is 5.56. The van der Waals surface area contributed by atoms with Crippen LogP contribution < -0.4 is 4.90 Å². The fourth-order valence-corrected chi connectivity index (χ4v) is 1.56. The molecule has 0 N–H and O–H groups in total. The summed E-state index contributed by atoms with van der Waals surface area (Å²) in [5.74, 6) is 1.14. The van der Waals surface area contributed by atoms with Crippen molar-refractivity contribution in [1.82, 2.24) is 10.1 Å². The number of amides is 2. The molecule has 0 bridgehead atoms. The number of rotatable bonds is 2. The van der Waals surface area contributed by atoms with Gasteiger partial charge in [-0.3, -0.25) is 4.90 Å². The smallest absolute Gasteiger partial charge is 0.324 e. The van der Waals surface area contributed by atoms with Gasteiger partial charge in [0.1, 0.15) is 0 Å². The van der Waals surface area contributed by atoms with Crippen LogP contribution in [0.3, 0.4) is 0 Å². The van der Waals surface area contributed by atoms with Crippen molar-refractivity contribution in [2.24, 2.45) is 0 Å². The van der Waals surface area contributed by atoms with Crippen LogP contribution in [-0.4, -0.2) is 37.2 Å². The molecule has 5 heteroatoms. The second-order valence-electron chi connectivity index (χ2n) is 4.15. The molecule has 5 nitrogen and oxygen atoms in total. The van der Waals surface area contributed by atoms with Crippen LogP contribution in [0.4, 0.5) is 10.6 Å². The SMILES string of the molecule is CN(C)C(=O)N(C)c1cc(-c2ccccc2)on1. The Morgan fingerprint density at radius 2 is 1.83 bits per heavy atom. The van der Waals surface area contributed by atoms with Gasteiger partial charge in [0.15, 0.2) is 11.6 Å². The number of anilines is 1. The van der Waals surface area contributed by atoms with Crippen molar-refractivity contribution in [2.75, 3.05) is 26.0 Å². The topological polar surface area (TPSA) is 49.6 Å². The molecule has 1 aromatic carbocycles. The predicted octanol–water partition coefficient (Wildman–Crippen LogP) is 2.46. The first kappa shape index (κ1) is 12.2. The Hall–Kier alpha value is -2.30. The quantitative estimate of drug-likeness (QED) is 0.816. The maximum absolute atomic E-state index is 11.8. The zero-order chi connectivity index (χ0) is 13.1. The molecule has 0 saturated carbocycles. The van der Waals surface area contributed by atoms with Crippen molar-refractivity contribution in [3.8, 4) is 11.3 Å². The van der Waals surface area contributed by atoms with Gasteiger partial charge in [0.05, 0.1) is 0 Å². The van der Waals surface area contributed by atoms with Gasteiger partial charge in [-0.2, -0.15) is 0 Å². The summed E-state index contributed by atoms with van der Waals surface area (Å²) >= 11 is 0. The van der Waals surface area contributed by atoms with Gasteiger partial charge in [0.2, 0.25) is 0 Å². The Bertz CT molecular complexity index is 534. The summed E-state index contributed by atoms with van der Waals surface area (Å²) in [6.45, 7) is 0. The van der Waals surface area contributed by atoms with E-state index in [0.717, 1.165) is 5.56 Å². The van der Waals surface area contributed by atoms with Crippen LogP contribution in [0.15, 0.2) is 40.9 Å². The molecular weight excluding hydrogens is 230 g/mol. The van der Waals surface area contributed by atoms with E-state index < -0.39 is 0 Å². The maximum atomic E-state index is 11.8. The molecule has 0 spiro atoms. The Morgan fingerprint density at radius 3 is 2.44 bits per heavy atom. The summed E-state index contributed by atoms with van der Waals surface area (Å²) in [7, 11) is 5.04. The van der Waals surface area contributed by atoms with E-state index in [9.17, 15) is 4.79 Å². The van der Waals surface area contributed by atoms with Crippen LogP contribution in [0.1, 0.15) is 0 Å². The summed E-state index contributed by atoms with van der Waals surface area (Å²) in [4.78, 5) is 14.7. The van der Waals surface area contributed by atoms with Crippen LogP contribution in [0, 0.1) is 0 Å². The molecule has 1 aromatic heterocycles. The van der Waals surface area contributed by atoms with Crippen molar-refractivity contribution in [2.45, 2.75) is 0 Å². The van der Waals surface area contributed by atoms with Gasteiger partial charge >= 0.3 is 6.03 Å². The highest BCUT2D eigenvalue weighted by Crippen LogP contribution is 2.23. The van der Waals surface area contributed by atoms with E-state index in [4.69, 9.17) is 4.52 Å². The lowest BCUT2D eigenvalue weighted by atomic mass is 10.2. The average Bonchev–Trinajstić information content (AvgIpc) is 2.87. The number of nitrogens with zero attached hydrogens (tertiary/aromatic N) is 3. The Kier molecular flexibility index (Phi) is 3.32. The summed E-state index contributed by atoms with van der Waals surface area (Å²) in [5, 5.41) is 3.90. The lowest BCUT2D eigenvalue weighted by Crippen LogP contribution is -2.36. The molecule has 0 fully saturated rings. The normalized spacial score (nSPS) is 10.2. The summed E-state index contributed by atoms with van der Waals surface area (Å²) < 4.78 is 5.24. The molecule has 1 heterocycles. The van der Waals surface area contributed by atoms with Crippen LogP contribution >= 0.6 is 0 Å². The molecular formula is C13H15N3O2. The van der Waals surface area contributed by atoms with Gasteiger partial charge in [-0.25, -0.2) is 4.79 Å². The Labute approximate surface area is 106 Å². The van der Waals surface area contributed by atoms with Gasteiger partial charge < -0.3 is 9.42 Å². The first-order valence-corrected chi connectivity index (χ1v) is 5.56. The average molecular weight is 245 g/mol. The third-order valence-electron chi connectivity index (χ3n) is 2.57. The van der Waals surface area contributed by atoms with E-state index in [1.54, 1.807) is 27.2 Å². The monoisotopic (exact) mass is 245 g/mol. The zero-order valence-corrected chi connectivity index (χ0v) is 10.6. The van der Waals surface area contributed by atoms with Crippen molar-refractivity contribution in [3.63, 3.8) is 0 Å². The molecule has 0 unspecified atom stereocenters. The fraction of sp³-hybridized carbons (Fsp3) is 0.231. The second-order valence-corrected chi connectivity index (χ2v) is 4.15. The highest BCUT2D eigenvalue weighted by atomic mass is 16.5. The zero-order valence-electron chi connectivity index (χ0n) is 10.6. The third kappa shape index (κ3) is 2.34. The summed E-state index contributed by atoms with van der Waals surface area (Å²) in [5.41, 5.74) is 0.932. The minimum atomic E-state index is -0.150. The molecule has 0 radical (unpaired) electrons. The summed E-state index contributed by atoms with van der Waals surface area (Å²) in [6, 6.07) is 11.2. The number of aromatic nitrogens is 1. The molecule has 18 heavy (non-hydrogen) atoms. The number of urea groups is 1. The largest absolute Gasteiger partial charge is 0.354 e. The third-order valence-corrected chi connectivity index (χ3v) is 2.57. The van der Waals surface area contributed by atoms with Gasteiger partial charge in [-0.1, -0.05) is 35.5 Å². The van der Waals surface area contributed by atoms with E-state index in [1.165, 1.54) is 9.80 Å². The van der Waals surface area contributed by atoms with Gasteiger partial charge in [0, 0.05) is 32.8 Å². The highest BCUT2D eigenvalue weighted by Gasteiger charge is 2.17. The molecule has 0 aliphatic carbocycles. The van der Waals surface area contributed by atoms with Crippen molar-refractivity contribution in [1.29, 1.82) is 0 Å². The van der Waals surface area contributed by atoms with E-state index in [0.29, 0.717) is 11.6 Å². The maximum Gasteiger partial charge on any atom is 0.324 e. The van der Waals surface area contributed by atoms with Gasteiger partial charge in [-0.15, -0.1) is 0 Å². The lowest BCUT2D eigenvalue weighted by molar-refractivity contribution is 0.225. The molecule has 0 atom stereocenters. The van der Waals surface area contributed by atoms with Crippen LogP contribution in [-0.2, 0) is 0 Å². The Balaban J connectivity index is 2.24. The minimum Gasteiger partial charge on any atom is -0.354 e. The molecule has 0 aliphatic heterocycles. The Morgan fingerprint density at radius 1 is 1.17 bits per heavy atom. The summed E-state index contributed by atoms with van der Waals surface area (Å²) in [6.07, 6.45) is 0. The second kappa shape index (κ2) is 4.91. The number of hydrogen-bond acceptors (Lipinski definition) is 3. The van der Waals surface area contributed by atoms with E-state index >= 15 is 0 Å². The van der Waals surface area contributed by atoms with E-state index in [-0.39, 0.29) is 6.03 Å². The van der Waals surface area contributed by atoms with Crippen molar-refractivity contribution >= 4 is 11.8 Å². The van der Waals surface area contributed by atoms with Crippen LogP contribution in [0.2, 0.25) is 0 Å². The number of hydrogen-bond donors (Lipinski definition) is 0. The number of benzene rings is 1. The van der Waals surface area contributed by atoms with Crippen LogP contribution in [0.25, 0.3) is 11.3 Å².